The Bertz CT molecular complexity index is 406. The molecule has 0 radical (unpaired) electrons. The number of para-hydroxylation sites is 1. The summed E-state index contributed by atoms with van der Waals surface area (Å²) in [5.74, 6) is -0.252. The van der Waals surface area contributed by atoms with Crippen molar-refractivity contribution in [2.45, 2.75) is 6.54 Å². The van der Waals surface area contributed by atoms with E-state index in [1.807, 2.05) is 0 Å². The van der Waals surface area contributed by atoms with Gasteiger partial charge in [-0.05, 0) is 0 Å². The van der Waals surface area contributed by atoms with Crippen molar-refractivity contribution in [3.63, 3.8) is 0 Å². The van der Waals surface area contributed by atoms with Crippen molar-refractivity contribution in [1.29, 1.82) is 0 Å². The summed E-state index contributed by atoms with van der Waals surface area (Å²) >= 11 is 0. The van der Waals surface area contributed by atoms with Crippen LogP contribution in [0.3, 0.4) is 0 Å². The van der Waals surface area contributed by atoms with Crippen LogP contribution in [-0.4, -0.2) is 29.3 Å². The van der Waals surface area contributed by atoms with Gasteiger partial charge in [0, 0.05) is 18.7 Å². The lowest BCUT2D eigenvalue weighted by atomic mass is 10.1. The highest BCUT2D eigenvalue weighted by Crippen LogP contribution is 2.18. The summed E-state index contributed by atoms with van der Waals surface area (Å²) in [6.45, 7) is 0.0876. The van der Waals surface area contributed by atoms with Crippen LogP contribution < -0.4 is 5.73 Å². The first-order chi connectivity index (χ1) is 7.56. The standard InChI is InChI=1S/C10H13N3O3/c1-12(10(14)6-11)7-8-4-2-3-5-9(8)13(15)16/h2-5H,6-7,11H2,1H3. The van der Waals surface area contributed by atoms with E-state index in [0.717, 1.165) is 0 Å². The predicted molar refractivity (Wildman–Crippen MR) is 58.6 cm³/mol. The lowest BCUT2D eigenvalue weighted by Crippen LogP contribution is -2.32. The van der Waals surface area contributed by atoms with Crippen LogP contribution in [0, 0.1) is 10.1 Å². The third kappa shape index (κ3) is 2.77. The Labute approximate surface area is 92.8 Å². The first-order valence-electron chi connectivity index (χ1n) is 4.72. The van der Waals surface area contributed by atoms with E-state index < -0.39 is 4.92 Å². The minimum atomic E-state index is -0.462. The van der Waals surface area contributed by atoms with Crippen LogP contribution in [0.2, 0.25) is 0 Å². The molecule has 16 heavy (non-hydrogen) atoms. The molecule has 1 aromatic rings. The molecule has 1 aromatic carbocycles. The number of hydrogen-bond donors (Lipinski definition) is 1. The quantitative estimate of drug-likeness (QED) is 0.595. The number of carbonyl (C=O) groups excluding carboxylic acids is 1. The summed E-state index contributed by atoms with van der Waals surface area (Å²) in [5, 5.41) is 10.7. The van der Waals surface area contributed by atoms with Crippen molar-refractivity contribution in [2.75, 3.05) is 13.6 Å². The zero-order valence-corrected chi connectivity index (χ0v) is 8.92. The maximum Gasteiger partial charge on any atom is 0.274 e. The number of hydrogen-bond acceptors (Lipinski definition) is 4. The van der Waals surface area contributed by atoms with E-state index >= 15 is 0 Å². The Morgan fingerprint density at radius 2 is 2.12 bits per heavy atom. The van der Waals surface area contributed by atoms with Gasteiger partial charge >= 0.3 is 0 Å². The summed E-state index contributed by atoms with van der Waals surface area (Å²) in [7, 11) is 1.56. The Morgan fingerprint density at radius 3 is 2.69 bits per heavy atom. The van der Waals surface area contributed by atoms with Crippen molar-refractivity contribution in [3.05, 3.63) is 39.9 Å². The van der Waals surface area contributed by atoms with Crippen LogP contribution in [0.5, 0.6) is 0 Å². The van der Waals surface area contributed by atoms with Gasteiger partial charge in [0.2, 0.25) is 5.91 Å². The largest absolute Gasteiger partial charge is 0.340 e. The number of amides is 1. The van der Waals surface area contributed by atoms with Crippen LogP contribution in [0.25, 0.3) is 0 Å². The molecular formula is C10H13N3O3. The molecule has 6 heteroatoms. The highest BCUT2D eigenvalue weighted by atomic mass is 16.6. The van der Waals surface area contributed by atoms with Gasteiger partial charge in [-0.15, -0.1) is 0 Å². The lowest BCUT2D eigenvalue weighted by molar-refractivity contribution is -0.385. The third-order valence-corrected chi connectivity index (χ3v) is 2.20. The van der Waals surface area contributed by atoms with Crippen LogP contribution in [0.4, 0.5) is 5.69 Å². The second kappa shape index (κ2) is 5.22. The zero-order chi connectivity index (χ0) is 12.1. The highest BCUT2D eigenvalue weighted by Gasteiger charge is 2.15. The molecule has 0 aliphatic heterocycles. The average Bonchev–Trinajstić information content (AvgIpc) is 2.28. The first kappa shape index (κ1) is 12.1. The van der Waals surface area contributed by atoms with Gasteiger partial charge in [-0.2, -0.15) is 0 Å². The summed E-state index contributed by atoms with van der Waals surface area (Å²) in [4.78, 5) is 22.8. The van der Waals surface area contributed by atoms with Gasteiger partial charge < -0.3 is 10.6 Å². The molecule has 0 aliphatic carbocycles. The second-order valence-corrected chi connectivity index (χ2v) is 3.34. The van der Waals surface area contributed by atoms with Crippen molar-refractivity contribution >= 4 is 11.6 Å². The van der Waals surface area contributed by atoms with E-state index in [4.69, 9.17) is 5.73 Å². The van der Waals surface area contributed by atoms with Crippen molar-refractivity contribution in [3.8, 4) is 0 Å². The van der Waals surface area contributed by atoms with Gasteiger partial charge in [0.15, 0.2) is 0 Å². The summed E-state index contributed by atoms with van der Waals surface area (Å²) < 4.78 is 0. The van der Waals surface area contributed by atoms with E-state index in [1.54, 1.807) is 25.2 Å². The summed E-state index contributed by atoms with van der Waals surface area (Å²) in [6.07, 6.45) is 0. The van der Waals surface area contributed by atoms with Crippen LogP contribution >= 0.6 is 0 Å². The molecule has 86 valence electrons. The van der Waals surface area contributed by atoms with Gasteiger partial charge in [-0.1, -0.05) is 18.2 Å². The fraction of sp³-hybridized carbons (Fsp3) is 0.300. The van der Waals surface area contributed by atoms with Crippen LogP contribution in [-0.2, 0) is 11.3 Å². The number of carbonyl (C=O) groups is 1. The Hall–Kier alpha value is -1.95. The number of nitro benzene ring substituents is 1. The van der Waals surface area contributed by atoms with Crippen molar-refractivity contribution in [1.82, 2.24) is 4.90 Å². The molecule has 1 rings (SSSR count). The molecule has 0 fully saturated rings. The molecule has 0 saturated heterocycles. The molecule has 0 atom stereocenters. The van der Waals surface area contributed by atoms with E-state index in [9.17, 15) is 14.9 Å². The topological polar surface area (TPSA) is 89.5 Å². The Morgan fingerprint density at radius 1 is 1.50 bits per heavy atom. The molecule has 0 spiro atoms. The predicted octanol–water partition coefficient (Wildman–Crippen LogP) is 0.512. The van der Waals surface area contributed by atoms with Gasteiger partial charge in [0.25, 0.3) is 5.69 Å². The maximum atomic E-state index is 11.2. The zero-order valence-electron chi connectivity index (χ0n) is 8.92. The maximum absolute atomic E-state index is 11.2. The SMILES string of the molecule is CN(Cc1ccccc1[N+](=O)[O-])C(=O)CN. The third-order valence-electron chi connectivity index (χ3n) is 2.20. The Balaban J connectivity index is 2.88. The highest BCUT2D eigenvalue weighted by molar-refractivity contribution is 5.77. The minimum absolute atomic E-state index is 0.0131. The fourth-order valence-electron chi connectivity index (χ4n) is 1.32. The van der Waals surface area contributed by atoms with Gasteiger partial charge in [0.05, 0.1) is 18.0 Å². The molecule has 0 unspecified atom stereocenters. The molecule has 0 bridgehead atoms. The Kier molecular flexibility index (Phi) is 3.96. The average molecular weight is 223 g/mol. The normalized spacial score (nSPS) is 9.88. The van der Waals surface area contributed by atoms with Gasteiger partial charge in [-0.25, -0.2) is 0 Å². The monoisotopic (exact) mass is 223 g/mol. The van der Waals surface area contributed by atoms with Crippen molar-refractivity contribution in [2.24, 2.45) is 5.73 Å². The summed E-state index contributed by atoms with van der Waals surface area (Å²) in [6, 6.07) is 6.32. The first-order valence-corrected chi connectivity index (χ1v) is 4.72. The van der Waals surface area contributed by atoms with Crippen molar-refractivity contribution < 1.29 is 9.72 Å². The molecule has 0 aromatic heterocycles. The molecule has 1 amide bonds. The fourth-order valence-corrected chi connectivity index (χ4v) is 1.32. The van der Waals surface area contributed by atoms with E-state index in [1.165, 1.54) is 11.0 Å². The van der Waals surface area contributed by atoms with E-state index in [2.05, 4.69) is 0 Å². The second-order valence-electron chi connectivity index (χ2n) is 3.34. The molecule has 2 N–H and O–H groups in total. The summed E-state index contributed by atoms with van der Waals surface area (Å²) in [5.41, 5.74) is 5.71. The van der Waals surface area contributed by atoms with Crippen LogP contribution in [0.15, 0.2) is 24.3 Å². The van der Waals surface area contributed by atoms with Crippen LogP contribution in [0.1, 0.15) is 5.56 Å². The number of benzene rings is 1. The number of nitrogens with zero attached hydrogens (tertiary/aromatic N) is 2. The minimum Gasteiger partial charge on any atom is -0.340 e. The molecule has 0 heterocycles. The van der Waals surface area contributed by atoms with E-state index in [0.29, 0.717) is 5.56 Å². The van der Waals surface area contributed by atoms with Gasteiger partial charge in [0.1, 0.15) is 0 Å². The molecule has 6 nitrogen and oxygen atoms in total. The number of nitrogens with two attached hydrogens (primary N) is 1. The lowest BCUT2D eigenvalue weighted by Gasteiger charge is -2.15. The van der Waals surface area contributed by atoms with Gasteiger partial charge in [-0.3, -0.25) is 14.9 Å². The van der Waals surface area contributed by atoms with E-state index in [-0.39, 0.29) is 24.7 Å². The number of rotatable bonds is 4. The molecule has 0 aliphatic rings. The number of likely N-dealkylation sites (N-methyl/N-ethyl adjacent to an activating group) is 1. The molecular weight excluding hydrogens is 210 g/mol. The smallest absolute Gasteiger partial charge is 0.274 e. The number of nitro groups is 1. The molecule has 0 saturated carbocycles.